The maximum Gasteiger partial charge on any atom is 0.326 e. The molecule has 0 aliphatic heterocycles. The van der Waals surface area contributed by atoms with Gasteiger partial charge in [-0.25, -0.2) is 14.8 Å². The van der Waals surface area contributed by atoms with Gasteiger partial charge in [0.15, 0.2) is 0 Å². The van der Waals surface area contributed by atoms with Gasteiger partial charge in [-0.05, 0) is 47.6 Å². The number of hydrogen-bond donors (Lipinski definition) is 0. The summed E-state index contributed by atoms with van der Waals surface area (Å²) in [6.07, 6.45) is 0. The van der Waals surface area contributed by atoms with Crippen LogP contribution in [0.2, 0.25) is 0 Å². The molecule has 1 heterocycles. The van der Waals surface area contributed by atoms with Crippen LogP contribution in [0.15, 0.2) is 6.07 Å². The lowest BCUT2D eigenvalue weighted by molar-refractivity contribution is 0.177. The molecule has 1 aromatic heterocycles. The fraction of sp³-hybridized carbons (Fsp3) is 0.706. The fourth-order valence-corrected chi connectivity index (χ4v) is 2.68. The summed E-state index contributed by atoms with van der Waals surface area (Å²) in [6, 6.07) is 2.66. The van der Waals surface area contributed by atoms with Crippen molar-refractivity contribution in [2.24, 2.45) is 0 Å². The van der Waals surface area contributed by atoms with E-state index in [0.717, 1.165) is 17.9 Å². The molecule has 0 unspecified atom stereocenters. The molecule has 0 saturated heterocycles. The van der Waals surface area contributed by atoms with Gasteiger partial charge in [0.05, 0.1) is 0 Å². The Morgan fingerprint density at radius 3 is 1.87 bits per heavy atom. The van der Waals surface area contributed by atoms with Crippen LogP contribution >= 0.6 is 0 Å². The molecular weight excluding hydrogens is 290 g/mol. The van der Waals surface area contributed by atoms with Crippen molar-refractivity contribution < 1.29 is 4.79 Å². The van der Waals surface area contributed by atoms with Crippen LogP contribution in [0.3, 0.4) is 0 Å². The average molecular weight is 321 g/mol. The third kappa shape index (κ3) is 5.46. The van der Waals surface area contributed by atoms with Gasteiger partial charge in [0, 0.05) is 50.7 Å². The first-order chi connectivity index (χ1) is 10.6. The lowest BCUT2D eigenvalue weighted by Gasteiger charge is -2.33. The number of carbonyl (C=O) groups excluding carboxylic acids is 1. The highest BCUT2D eigenvalue weighted by Gasteiger charge is 2.23. The summed E-state index contributed by atoms with van der Waals surface area (Å²) < 4.78 is 0. The number of carbonyl (C=O) groups is 1. The zero-order valence-corrected chi connectivity index (χ0v) is 15.8. The van der Waals surface area contributed by atoms with Crippen molar-refractivity contribution in [1.82, 2.24) is 19.8 Å². The quantitative estimate of drug-likeness (QED) is 0.808. The molecule has 1 aromatic rings. The molecule has 0 atom stereocenters. The van der Waals surface area contributed by atoms with Crippen molar-refractivity contribution in [2.45, 2.75) is 53.6 Å². The van der Waals surface area contributed by atoms with Crippen LogP contribution in [0.1, 0.15) is 39.1 Å². The van der Waals surface area contributed by atoms with E-state index in [0.29, 0.717) is 24.6 Å². The Labute approximate surface area is 140 Å². The van der Waals surface area contributed by atoms with Gasteiger partial charge in [-0.3, -0.25) is 9.80 Å². The molecule has 130 valence electrons. The molecule has 0 aromatic carbocycles. The summed E-state index contributed by atoms with van der Waals surface area (Å²) in [5, 5.41) is 0. The van der Waals surface area contributed by atoms with Crippen molar-refractivity contribution in [2.75, 3.05) is 32.1 Å². The van der Waals surface area contributed by atoms with Gasteiger partial charge in [0.1, 0.15) is 0 Å². The van der Waals surface area contributed by atoms with Gasteiger partial charge >= 0.3 is 6.03 Å². The highest BCUT2D eigenvalue weighted by molar-refractivity contribution is 5.89. The van der Waals surface area contributed by atoms with E-state index in [4.69, 9.17) is 0 Å². The minimum atomic E-state index is -0.0949. The van der Waals surface area contributed by atoms with Crippen LogP contribution < -0.4 is 4.90 Å². The molecule has 6 nitrogen and oxygen atoms in total. The number of nitrogens with zero attached hydrogens (tertiary/aromatic N) is 5. The smallest absolute Gasteiger partial charge is 0.326 e. The van der Waals surface area contributed by atoms with Gasteiger partial charge in [-0.2, -0.15) is 0 Å². The van der Waals surface area contributed by atoms with E-state index >= 15 is 0 Å². The Kier molecular flexibility index (Phi) is 6.94. The molecular formula is C17H31N5O. The van der Waals surface area contributed by atoms with Crippen molar-refractivity contribution in [3.8, 4) is 0 Å². The molecule has 6 heteroatoms. The second-order valence-corrected chi connectivity index (χ2v) is 6.70. The van der Waals surface area contributed by atoms with Crippen LogP contribution in [0.4, 0.5) is 10.7 Å². The first-order valence-corrected chi connectivity index (χ1v) is 8.20. The first-order valence-electron chi connectivity index (χ1n) is 8.20. The van der Waals surface area contributed by atoms with E-state index in [1.54, 1.807) is 23.9 Å². The number of hydrogen-bond acceptors (Lipinski definition) is 4. The standard InChI is InChI=1S/C17H31N5O/c1-12(2)21(13(3)4)9-10-22(17(23)20(7)8)16-18-14(5)11-15(6)19-16/h11-13H,9-10H2,1-8H3. The second kappa shape index (κ2) is 8.24. The number of amides is 2. The topological polar surface area (TPSA) is 52.6 Å². The predicted octanol–water partition coefficient (Wildman–Crippen LogP) is 2.70. The minimum absolute atomic E-state index is 0.0949. The van der Waals surface area contributed by atoms with E-state index in [2.05, 4.69) is 42.6 Å². The monoisotopic (exact) mass is 321 g/mol. The van der Waals surface area contributed by atoms with Crippen LogP contribution in [0.25, 0.3) is 0 Å². The maximum absolute atomic E-state index is 12.6. The maximum atomic E-state index is 12.6. The molecule has 23 heavy (non-hydrogen) atoms. The number of anilines is 1. The normalized spacial score (nSPS) is 11.4. The Hall–Kier alpha value is -1.69. The van der Waals surface area contributed by atoms with Crippen LogP contribution in [-0.2, 0) is 0 Å². The zero-order valence-electron chi connectivity index (χ0n) is 15.8. The number of aromatic nitrogens is 2. The third-order valence-electron chi connectivity index (χ3n) is 3.73. The van der Waals surface area contributed by atoms with Gasteiger partial charge in [0.2, 0.25) is 5.95 Å². The van der Waals surface area contributed by atoms with Crippen LogP contribution in [0.5, 0.6) is 0 Å². The largest absolute Gasteiger partial charge is 0.330 e. The average Bonchev–Trinajstić information content (AvgIpc) is 2.40. The van der Waals surface area contributed by atoms with E-state index in [-0.39, 0.29) is 6.03 Å². The minimum Gasteiger partial charge on any atom is -0.330 e. The highest BCUT2D eigenvalue weighted by Crippen LogP contribution is 2.13. The van der Waals surface area contributed by atoms with E-state index < -0.39 is 0 Å². The molecule has 0 aliphatic carbocycles. The van der Waals surface area contributed by atoms with Crippen molar-refractivity contribution in [1.29, 1.82) is 0 Å². The molecule has 0 spiro atoms. The summed E-state index contributed by atoms with van der Waals surface area (Å²) >= 11 is 0. The molecule has 0 radical (unpaired) electrons. The predicted molar refractivity (Wildman–Crippen MR) is 94.9 cm³/mol. The number of aryl methyl sites for hydroxylation is 2. The summed E-state index contributed by atoms with van der Waals surface area (Å²) in [4.78, 5) is 27.1. The fourth-order valence-electron chi connectivity index (χ4n) is 2.68. The van der Waals surface area contributed by atoms with Crippen LogP contribution in [0, 0.1) is 13.8 Å². The molecule has 0 N–H and O–H groups in total. The third-order valence-corrected chi connectivity index (χ3v) is 3.73. The summed E-state index contributed by atoms with van der Waals surface area (Å²) in [6.45, 7) is 13.9. The van der Waals surface area contributed by atoms with Gasteiger partial charge in [0.25, 0.3) is 0 Å². The van der Waals surface area contributed by atoms with E-state index in [1.807, 2.05) is 19.9 Å². The Morgan fingerprint density at radius 1 is 1.00 bits per heavy atom. The van der Waals surface area contributed by atoms with Crippen LogP contribution in [-0.4, -0.2) is 65.1 Å². The van der Waals surface area contributed by atoms with Crippen molar-refractivity contribution >= 4 is 12.0 Å². The first kappa shape index (κ1) is 19.4. The zero-order chi connectivity index (χ0) is 17.7. The van der Waals surface area contributed by atoms with Crippen molar-refractivity contribution in [3.63, 3.8) is 0 Å². The van der Waals surface area contributed by atoms with Gasteiger partial charge in [-0.15, -0.1) is 0 Å². The summed E-state index contributed by atoms with van der Waals surface area (Å²) in [5.74, 6) is 0.480. The molecule has 1 rings (SSSR count). The van der Waals surface area contributed by atoms with Gasteiger partial charge < -0.3 is 4.90 Å². The SMILES string of the molecule is Cc1cc(C)nc(N(CCN(C(C)C)C(C)C)C(=O)N(C)C)n1. The second-order valence-electron chi connectivity index (χ2n) is 6.70. The molecule has 0 saturated carbocycles. The van der Waals surface area contributed by atoms with E-state index in [1.165, 1.54) is 0 Å². The molecule has 0 aliphatic rings. The number of urea groups is 1. The summed E-state index contributed by atoms with van der Waals surface area (Å²) in [5.41, 5.74) is 1.74. The highest BCUT2D eigenvalue weighted by atomic mass is 16.2. The Bertz CT molecular complexity index is 499. The number of rotatable bonds is 6. The lowest BCUT2D eigenvalue weighted by Crippen LogP contribution is -2.47. The Balaban J connectivity index is 3.04. The molecule has 0 bridgehead atoms. The Morgan fingerprint density at radius 2 is 1.48 bits per heavy atom. The molecule has 2 amide bonds. The molecule has 0 fully saturated rings. The van der Waals surface area contributed by atoms with E-state index in [9.17, 15) is 4.79 Å². The van der Waals surface area contributed by atoms with Gasteiger partial charge in [-0.1, -0.05) is 0 Å². The summed E-state index contributed by atoms with van der Waals surface area (Å²) in [7, 11) is 3.50. The van der Waals surface area contributed by atoms with Crippen molar-refractivity contribution in [3.05, 3.63) is 17.5 Å². The lowest BCUT2D eigenvalue weighted by atomic mass is 10.2.